The lowest BCUT2D eigenvalue weighted by Crippen LogP contribution is -2.35. The predicted octanol–water partition coefficient (Wildman–Crippen LogP) is 4.34. The number of hydrogen-bond acceptors (Lipinski definition) is 1. The standard InChI is InChI=1S/C21H24N2O/c1-21(2,3)20(24)22-14-13-16-15-23(17-9-5-4-6-10-17)19-12-8-7-11-18(16)19/h4-12,15H,13-14H2,1-3H3,(H,22,24). The zero-order valence-electron chi connectivity index (χ0n) is 14.5. The van der Waals surface area contributed by atoms with E-state index in [0.29, 0.717) is 6.54 Å². The maximum absolute atomic E-state index is 12.0. The van der Waals surface area contributed by atoms with Crippen LogP contribution in [0.4, 0.5) is 0 Å². The second kappa shape index (κ2) is 6.52. The molecular formula is C21H24N2O. The Morgan fingerprint density at radius 3 is 2.38 bits per heavy atom. The van der Waals surface area contributed by atoms with Crippen LogP contribution in [0, 0.1) is 5.41 Å². The maximum Gasteiger partial charge on any atom is 0.225 e. The number of carbonyl (C=O) groups is 1. The van der Waals surface area contributed by atoms with Crippen molar-refractivity contribution in [2.45, 2.75) is 27.2 Å². The molecule has 124 valence electrons. The molecule has 3 nitrogen and oxygen atoms in total. The summed E-state index contributed by atoms with van der Waals surface area (Å²) in [6.45, 7) is 6.45. The van der Waals surface area contributed by atoms with Crippen molar-refractivity contribution in [3.8, 4) is 5.69 Å². The third kappa shape index (κ3) is 3.35. The molecule has 0 fully saturated rings. The summed E-state index contributed by atoms with van der Waals surface area (Å²) in [4.78, 5) is 12.0. The molecule has 3 rings (SSSR count). The van der Waals surface area contributed by atoms with Gasteiger partial charge in [-0.2, -0.15) is 0 Å². The Balaban J connectivity index is 1.86. The Morgan fingerprint density at radius 2 is 1.67 bits per heavy atom. The number of amides is 1. The average Bonchev–Trinajstić information content (AvgIpc) is 2.94. The summed E-state index contributed by atoms with van der Waals surface area (Å²) in [6, 6.07) is 18.8. The Bertz CT molecular complexity index is 841. The maximum atomic E-state index is 12.0. The van der Waals surface area contributed by atoms with Crippen LogP contribution in [0.2, 0.25) is 0 Å². The third-order valence-electron chi connectivity index (χ3n) is 4.19. The minimum absolute atomic E-state index is 0.0919. The van der Waals surface area contributed by atoms with Gasteiger partial charge in [0.1, 0.15) is 0 Å². The molecule has 0 aliphatic carbocycles. The van der Waals surface area contributed by atoms with E-state index in [1.54, 1.807) is 0 Å². The zero-order chi connectivity index (χ0) is 17.2. The molecule has 0 spiro atoms. The van der Waals surface area contributed by atoms with Crippen LogP contribution in [0.1, 0.15) is 26.3 Å². The minimum Gasteiger partial charge on any atom is -0.355 e. The van der Waals surface area contributed by atoms with Gasteiger partial charge < -0.3 is 9.88 Å². The fourth-order valence-electron chi connectivity index (χ4n) is 2.83. The lowest BCUT2D eigenvalue weighted by atomic mass is 9.95. The summed E-state index contributed by atoms with van der Waals surface area (Å²) >= 11 is 0. The van der Waals surface area contributed by atoms with E-state index in [-0.39, 0.29) is 11.3 Å². The van der Waals surface area contributed by atoms with E-state index in [4.69, 9.17) is 0 Å². The van der Waals surface area contributed by atoms with Crippen LogP contribution < -0.4 is 5.32 Å². The quantitative estimate of drug-likeness (QED) is 0.762. The molecule has 0 saturated carbocycles. The molecule has 0 saturated heterocycles. The number of fused-ring (bicyclic) bond motifs is 1. The van der Waals surface area contributed by atoms with Crippen molar-refractivity contribution in [2.24, 2.45) is 5.41 Å². The van der Waals surface area contributed by atoms with E-state index in [0.717, 1.165) is 12.1 Å². The Kier molecular flexibility index (Phi) is 4.43. The third-order valence-corrected chi connectivity index (χ3v) is 4.19. The number of para-hydroxylation sites is 2. The minimum atomic E-state index is -0.349. The van der Waals surface area contributed by atoms with E-state index in [1.165, 1.54) is 16.5 Å². The van der Waals surface area contributed by atoms with Crippen LogP contribution in [-0.4, -0.2) is 17.0 Å². The van der Waals surface area contributed by atoms with Gasteiger partial charge in [0.15, 0.2) is 0 Å². The number of rotatable bonds is 4. The molecule has 3 heteroatoms. The van der Waals surface area contributed by atoms with Crippen LogP contribution in [0.5, 0.6) is 0 Å². The van der Waals surface area contributed by atoms with Crippen molar-refractivity contribution in [1.82, 2.24) is 9.88 Å². The first-order valence-electron chi connectivity index (χ1n) is 8.39. The van der Waals surface area contributed by atoms with Crippen molar-refractivity contribution in [3.63, 3.8) is 0 Å². The van der Waals surface area contributed by atoms with Gasteiger partial charge in [0.2, 0.25) is 5.91 Å². The Labute approximate surface area is 143 Å². The second-order valence-corrected chi connectivity index (χ2v) is 7.13. The molecule has 0 aliphatic rings. The smallest absolute Gasteiger partial charge is 0.225 e. The summed E-state index contributed by atoms with van der Waals surface area (Å²) in [7, 11) is 0. The Hall–Kier alpha value is -2.55. The molecule has 24 heavy (non-hydrogen) atoms. The first kappa shape index (κ1) is 16.3. The highest BCUT2D eigenvalue weighted by atomic mass is 16.2. The van der Waals surface area contributed by atoms with Gasteiger partial charge in [-0.3, -0.25) is 4.79 Å². The number of nitrogens with one attached hydrogen (secondary N) is 1. The summed E-state index contributed by atoms with van der Waals surface area (Å²) in [5, 5.41) is 4.28. The SMILES string of the molecule is CC(C)(C)C(=O)NCCc1cn(-c2ccccc2)c2ccccc12. The van der Waals surface area contributed by atoms with E-state index in [9.17, 15) is 4.79 Å². The van der Waals surface area contributed by atoms with Crippen molar-refractivity contribution >= 4 is 16.8 Å². The van der Waals surface area contributed by atoms with Crippen LogP contribution in [0.15, 0.2) is 60.8 Å². The molecule has 3 aromatic rings. The zero-order valence-corrected chi connectivity index (χ0v) is 14.5. The molecule has 0 aliphatic heterocycles. The number of aromatic nitrogens is 1. The van der Waals surface area contributed by atoms with Gasteiger partial charge >= 0.3 is 0 Å². The van der Waals surface area contributed by atoms with Gasteiger partial charge in [-0.05, 0) is 30.2 Å². The average molecular weight is 320 g/mol. The van der Waals surface area contributed by atoms with E-state index in [2.05, 4.69) is 52.5 Å². The van der Waals surface area contributed by atoms with Crippen LogP contribution in [0.25, 0.3) is 16.6 Å². The van der Waals surface area contributed by atoms with Crippen molar-refractivity contribution < 1.29 is 4.79 Å². The number of hydrogen-bond donors (Lipinski definition) is 1. The van der Waals surface area contributed by atoms with E-state index < -0.39 is 0 Å². The molecule has 0 bridgehead atoms. The number of carbonyl (C=O) groups excluding carboxylic acids is 1. The van der Waals surface area contributed by atoms with Crippen molar-refractivity contribution in [1.29, 1.82) is 0 Å². The fourth-order valence-corrected chi connectivity index (χ4v) is 2.83. The largest absolute Gasteiger partial charge is 0.355 e. The van der Waals surface area contributed by atoms with Gasteiger partial charge in [0.25, 0.3) is 0 Å². The topological polar surface area (TPSA) is 34.0 Å². The second-order valence-electron chi connectivity index (χ2n) is 7.13. The number of benzene rings is 2. The van der Waals surface area contributed by atoms with Crippen LogP contribution >= 0.6 is 0 Å². The summed E-state index contributed by atoms with van der Waals surface area (Å²) in [6.07, 6.45) is 3.01. The molecule has 0 atom stereocenters. The van der Waals surface area contributed by atoms with Crippen molar-refractivity contribution in [2.75, 3.05) is 6.54 Å². The molecule has 2 aromatic carbocycles. The molecular weight excluding hydrogens is 296 g/mol. The molecule has 0 radical (unpaired) electrons. The first-order chi connectivity index (χ1) is 11.5. The van der Waals surface area contributed by atoms with Gasteiger partial charge in [-0.15, -0.1) is 0 Å². The van der Waals surface area contributed by atoms with Gasteiger partial charge in [0.05, 0.1) is 5.52 Å². The normalized spacial score (nSPS) is 11.6. The van der Waals surface area contributed by atoms with Gasteiger partial charge in [0, 0.05) is 29.2 Å². The lowest BCUT2D eigenvalue weighted by molar-refractivity contribution is -0.128. The van der Waals surface area contributed by atoms with Crippen LogP contribution in [-0.2, 0) is 11.2 Å². The van der Waals surface area contributed by atoms with E-state index in [1.807, 2.05) is 39.0 Å². The lowest BCUT2D eigenvalue weighted by Gasteiger charge is -2.17. The molecule has 1 heterocycles. The van der Waals surface area contributed by atoms with E-state index >= 15 is 0 Å². The monoisotopic (exact) mass is 320 g/mol. The van der Waals surface area contributed by atoms with Crippen molar-refractivity contribution in [3.05, 3.63) is 66.4 Å². The summed E-state index contributed by atoms with van der Waals surface area (Å²) < 4.78 is 2.22. The van der Waals surface area contributed by atoms with Crippen LogP contribution in [0.3, 0.4) is 0 Å². The predicted molar refractivity (Wildman–Crippen MR) is 99.4 cm³/mol. The Morgan fingerprint density at radius 1 is 1.00 bits per heavy atom. The highest BCUT2D eigenvalue weighted by molar-refractivity contribution is 5.86. The molecule has 0 unspecified atom stereocenters. The fraction of sp³-hybridized carbons (Fsp3) is 0.286. The molecule has 1 aromatic heterocycles. The number of nitrogens with zero attached hydrogens (tertiary/aromatic N) is 1. The summed E-state index contributed by atoms with van der Waals surface area (Å²) in [5.41, 5.74) is 3.25. The highest BCUT2D eigenvalue weighted by Gasteiger charge is 2.20. The molecule has 1 amide bonds. The van der Waals surface area contributed by atoms with Gasteiger partial charge in [-0.25, -0.2) is 0 Å². The first-order valence-corrected chi connectivity index (χ1v) is 8.39. The highest BCUT2D eigenvalue weighted by Crippen LogP contribution is 2.25. The summed E-state index contributed by atoms with van der Waals surface area (Å²) in [5.74, 6) is 0.0919. The van der Waals surface area contributed by atoms with Gasteiger partial charge in [-0.1, -0.05) is 57.2 Å². The molecule has 1 N–H and O–H groups in total.